The van der Waals surface area contributed by atoms with Gasteiger partial charge in [0.1, 0.15) is 6.33 Å². The summed E-state index contributed by atoms with van der Waals surface area (Å²) in [6.45, 7) is 4.18. The normalized spacial score (nSPS) is 12.3. The highest BCUT2D eigenvalue weighted by Crippen LogP contribution is 2.24. The average Bonchev–Trinajstić information content (AvgIpc) is 3.12. The average molecular weight is 283 g/mol. The number of hydrogen-bond acceptors (Lipinski definition) is 5. The van der Waals surface area contributed by atoms with Gasteiger partial charge in [0.15, 0.2) is 0 Å². The third-order valence-corrected chi connectivity index (χ3v) is 3.43. The van der Waals surface area contributed by atoms with E-state index in [1.807, 2.05) is 31.6 Å². The van der Waals surface area contributed by atoms with Crippen molar-refractivity contribution < 1.29 is 0 Å². The van der Waals surface area contributed by atoms with Gasteiger partial charge in [-0.3, -0.25) is 4.68 Å². The zero-order valence-corrected chi connectivity index (χ0v) is 12.2. The number of nitrogens with one attached hydrogen (secondary N) is 1. The Morgan fingerprint density at radius 1 is 1.29 bits per heavy atom. The number of rotatable bonds is 4. The standard InChI is InChI=1S/C14H17N7/c1-10-4-5-13(21-9-15-18-19-21)6-14(10)17-11(2)12-7-16-20(3)8-12/h4-9,11,17H,1-3H3. The van der Waals surface area contributed by atoms with Crippen LogP contribution in [0, 0.1) is 6.92 Å². The topological polar surface area (TPSA) is 73.5 Å². The van der Waals surface area contributed by atoms with Crippen molar-refractivity contribution in [1.29, 1.82) is 0 Å². The Balaban J connectivity index is 1.86. The second-order valence-corrected chi connectivity index (χ2v) is 5.07. The van der Waals surface area contributed by atoms with E-state index in [-0.39, 0.29) is 6.04 Å². The zero-order valence-electron chi connectivity index (χ0n) is 12.2. The van der Waals surface area contributed by atoms with Crippen molar-refractivity contribution in [3.8, 4) is 5.69 Å². The van der Waals surface area contributed by atoms with Crippen molar-refractivity contribution in [3.05, 3.63) is 48.0 Å². The minimum absolute atomic E-state index is 0.168. The van der Waals surface area contributed by atoms with Gasteiger partial charge in [-0.15, -0.1) is 5.10 Å². The molecule has 1 unspecified atom stereocenters. The number of tetrazole rings is 1. The van der Waals surface area contributed by atoms with E-state index < -0.39 is 0 Å². The molecule has 7 nitrogen and oxygen atoms in total. The fraction of sp³-hybridized carbons (Fsp3) is 0.286. The van der Waals surface area contributed by atoms with Gasteiger partial charge in [0, 0.05) is 24.5 Å². The van der Waals surface area contributed by atoms with Crippen molar-refractivity contribution in [2.45, 2.75) is 19.9 Å². The summed E-state index contributed by atoms with van der Waals surface area (Å²) in [7, 11) is 1.92. The van der Waals surface area contributed by atoms with Gasteiger partial charge in [0.05, 0.1) is 17.9 Å². The molecule has 0 amide bonds. The lowest BCUT2D eigenvalue weighted by atomic mass is 10.1. The van der Waals surface area contributed by atoms with Crippen LogP contribution >= 0.6 is 0 Å². The van der Waals surface area contributed by atoms with Gasteiger partial charge in [-0.25, -0.2) is 4.68 Å². The van der Waals surface area contributed by atoms with E-state index in [0.717, 1.165) is 16.9 Å². The number of aromatic nitrogens is 6. The Morgan fingerprint density at radius 2 is 2.14 bits per heavy atom. The summed E-state index contributed by atoms with van der Waals surface area (Å²) >= 11 is 0. The molecule has 1 N–H and O–H groups in total. The predicted molar refractivity (Wildman–Crippen MR) is 79.1 cm³/mol. The molecule has 0 bridgehead atoms. The SMILES string of the molecule is Cc1ccc(-n2cnnn2)cc1NC(C)c1cnn(C)c1. The lowest BCUT2D eigenvalue weighted by Crippen LogP contribution is -2.08. The minimum atomic E-state index is 0.168. The fourth-order valence-electron chi connectivity index (χ4n) is 2.17. The molecule has 0 radical (unpaired) electrons. The maximum Gasteiger partial charge on any atom is 0.143 e. The van der Waals surface area contributed by atoms with Gasteiger partial charge >= 0.3 is 0 Å². The Labute approximate surface area is 122 Å². The van der Waals surface area contributed by atoms with Crippen LogP contribution in [0.3, 0.4) is 0 Å². The van der Waals surface area contributed by atoms with Gasteiger partial charge < -0.3 is 5.32 Å². The first kappa shape index (κ1) is 13.3. The molecule has 1 aromatic carbocycles. The summed E-state index contributed by atoms with van der Waals surface area (Å²) < 4.78 is 3.44. The summed E-state index contributed by atoms with van der Waals surface area (Å²) in [5.41, 5.74) is 4.29. The number of hydrogen-bond donors (Lipinski definition) is 1. The quantitative estimate of drug-likeness (QED) is 0.791. The summed E-state index contributed by atoms with van der Waals surface area (Å²) in [4.78, 5) is 0. The molecule has 21 heavy (non-hydrogen) atoms. The van der Waals surface area contributed by atoms with Crippen LogP contribution in [0.5, 0.6) is 0 Å². The highest BCUT2D eigenvalue weighted by atomic mass is 15.5. The summed E-state index contributed by atoms with van der Waals surface area (Å²) in [5, 5.41) is 19.0. The highest BCUT2D eigenvalue weighted by molar-refractivity contribution is 5.57. The van der Waals surface area contributed by atoms with Crippen LogP contribution in [0.2, 0.25) is 0 Å². The van der Waals surface area contributed by atoms with Crippen molar-refractivity contribution in [2.24, 2.45) is 7.05 Å². The van der Waals surface area contributed by atoms with Crippen LogP contribution in [0.1, 0.15) is 24.1 Å². The Hall–Kier alpha value is -2.70. The van der Waals surface area contributed by atoms with Crippen molar-refractivity contribution in [2.75, 3.05) is 5.32 Å². The van der Waals surface area contributed by atoms with E-state index in [9.17, 15) is 0 Å². The lowest BCUT2D eigenvalue weighted by Gasteiger charge is -2.16. The van der Waals surface area contributed by atoms with Crippen molar-refractivity contribution in [3.63, 3.8) is 0 Å². The smallest absolute Gasteiger partial charge is 0.143 e. The van der Waals surface area contributed by atoms with Crippen molar-refractivity contribution in [1.82, 2.24) is 30.0 Å². The van der Waals surface area contributed by atoms with E-state index in [1.54, 1.807) is 15.7 Å². The summed E-state index contributed by atoms with van der Waals surface area (Å²) in [6, 6.07) is 6.25. The molecular weight excluding hydrogens is 266 g/mol. The number of nitrogens with zero attached hydrogens (tertiary/aromatic N) is 6. The third-order valence-electron chi connectivity index (χ3n) is 3.43. The predicted octanol–water partition coefficient (Wildman–Crippen LogP) is 1.88. The molecule has 0 aliphatic rings. The second kappa shape index (κ2) is 5.35. The maximum atomic E-state index is 4.21. The molecule has 2 heterocycles. The van der Waals surface area contributed by atoms with Crippen LogP contribution in [0.15, 0.2) is 36.9 Å². The molecule has 7 heteroatoms. The van der Waals surface area contributed by atoms with Gasteiger partial charge in [-0.2, -0.15) is 5.10 Å². The Kier molecular flexibility index (Phi) is 3.39. The molecule has 1 atom stereocenters. The van der Waals surface area contributed by atoms with E-state index in [2.05, 4.69) is 45.9 Å². The molecule has 3 rings (SSSR count). The van der Waals surface area contributed by atoms with Gasteiger partial charge in [0.25, 0.3) is 0 Å². The molecule has 3 aromatic rings. The number of aryl methyl sites for hydroxylation is 2. The maximum absolute atomic E-state index is 4.21. The molecule has 0 spiro atoms. The number of anilines is 1. The zero-order chi connectivity index (χ0) is 14.8. The second-order valence-electron chi connectivity index (χ2n) is 5.07. The number of benzene rings is 1. The monoisotopic (exact) mass is 283 g/mol. The summed E-state index contributed by atoms with van der Waals surface area (Å²) in [5.74, 6) is 0. The molecule has 0 aliphatic carbocycles. The first-order chi connectivity index (χ1) is 10.1. The fourth-order valence-corrected chi connectivity index (χ4v) is 2.17. The van der Waals surface area contributed by atoms with E-state index in [1.165, 1.54) is 5.56 Å². The van der Waals surface area contributed by atoms with Gasteiger partial charge in [-0.1, -0.05) is 6.07 Å². The van der Waals surface area contributed by atoms with E-state index in [0.29, 0.717) is 0 Å². The highest BCUT2D eigenvalue weighted by Gasteiger charge is 2.10. The first-order valence-electron chi connectivity index (χ1n) is 6.72. The molecule has 108 valence electrons. The molecule has 0 fully saturated rings. The largest absolute Gasteiger partial charge is 0.378 e. The Bertz CT molecular complexity index is 730. The first-order valence-corrected chi connectivity index (χ1v) is 6.72. The van der Waals surface area contributed by atoms with Crippen LogP contribution in [0.25, 0.3) is 5.69 Å². The lowest BCUT2D eigenvalue weighted by molar-refractivity contribution is 0.765. The van der Waals surface area contributed by atoms with Crippen LogP contribution in [-0.4, -0.2) is 30.0 Å². The van der Waals surface area contributed by atoms with Crippen molar-refractivity contribution >= 4 is 5.69 Å². The van der Waals surface area contributed by atoms with Gasteiger partial charge in [-0.05, 0) is 42.0 Å². The van der Waals surface area contributed by atoms with Crippen LogP contribution in [-0.2, 0) is 7.05 Å². The van der Waals surface area contributed by atoms with Gasteiger partial charge in [0.2, 0.25) is 0 Å². The molecule has 0 saturated carbocycles. The molecule has 0 saturated heterocycles. The van der Waals surface area contributed by atoms with E-state index in [4.69, 9.17) is 0 Å². The molecule has 0 aliphatic heterocycles. The minimum Gasteiger partial charge on any atom is -0.378 e. The van der Waals surface area contributed by atoms with Crippen LogP contribution < -0.4 is 5.32 Å². The Morgan fingerprint density at radius 3 is 2.81 bits per heavy atom. The molecule has 2 aromatic heterocycles. The van der Waals surface area contributed by atoms with Crippen LogP contribution in [0.4, 0.5) is 5.69 Å². The third kappa shape index (κ3) is 2.76. The van der Waals surface area contributed by atoms with E-state index >= 15 is 0 Å². The summed E-state index contributed by atoms with van der Waals surface area (Å²) in [6.07, 6.45) is 5.47. The molecular formula is C14H17N7.